The van der Waals surface area contributed by atoms with Crippen LogP contribution in [0.1, 0.15) is 79.1 Å². The molecule has 0 aliphatic heterocycles. The van der Waals surface area contributed by atoms with Gasteiger partial charge in [0.05, 0.1) is 17.9 Å². The van der Waals surface area contributed by atoms with Gasteiger partial charge in [-0.3, -0.25) is 14.4 Å². The molecular weight excluding hydrogens is 372 g/mol. The minimum Gasteiger partial charge on any atom is -0.341 e. The van der Waals surface area contributed by atoms with E-state index in [2.05, 4.69) is 17.5 Å². The highest BCUT2D eigenvalue weighted by molar-refractivity contribution is 5.87. The molecule has 29 heavy (non-hydrogen) atoms. The van der Waals surface area contributed by atoms with Crippen molar-refractivity contribution < 1.29 is 24.1 Å². The molecule has 1 aliphatic carbocycles. The second-order valence-electron chi connectivity index (χ2n) is 8.73. The number of carbonyl (C=O) groups excluding carboxylic acids is 3. The summed E-state index contributed by atoms with van der Waals surface area (Å²) >= 11 is 0. The van der Waals surface area contributed by atoms with Gasteiger partial charge in [0.15, 0.2) is 0 Å². The lowest BCUT2D eigenvalue weighted by molar-refractivity contribution is -0.162. The minimum absolute atomic E-state index is 0.0302. The molecular formula is C22H38N2O5. The summed E-state index contributed by atoms with van der Waals surface area (Å²) in [4.78, 5) is 47.8. The highest BCUT2D eigenvalue weighted by atomic mass is 16.7. The topological polar surface area (TPSA) is 93.7 Å². The molecule has 1 rings (SSSR count). The third kappa shape index (κ3) is 9.92. The van der Waals surface area contributed by atoms with E-state index in [-0.39, 0.29) is 24.3 Å². The zero-order valence-electron chi connectivity index (χ0n) is 18.4. The van der Waals surface area contributed by atoms with E-state index in [1.165, 1.54) is 0 Å². The molecule has 0 aromatic heterocycles. The quantitative estimate of drug-likeness (QED) is 0.377. The molecule has 0 unspecified atom stereocenters. The Kier molecular flexibility index (Phi) is 11.6. The van der Waals surface area contributed by atoms with Crippen LogP contribution in [0.4, 0.5) is 0 Å². The van der Waals surface area contributed by atoms with Crippen molar-refractivity contribution in [1.82, 2.24) is 11.0 Å². The Morgan fingerprint density at radius 1 is 1.00 bits per heavy atom. The van der Waals surface area contributed by atoms with Gasteiger partial charge < -0.3 is 4.84 Å². The summed E-state index contributed by atoms with van der Waals surface area (Å²) in [6, 6.07) is 0. The number of amides is 2. The average Bonchev–Trinajstić information content (AvgIpc) is 3.18. The zero-order chi connectivity index (χ0) is 21.8. The Morgan fingerprint density at radius 2 is 1.62 bits per heavy atom. The van der Waals surface area contributed by atoms with Gasteiger partial charge in [-0.15, -0.1) is 6.58 Å². The first-order chi connectivity index (χ1) is 13.7. The molecule has 0 heterocycles. The molecule has 166 valence electrons. The third-order valence-electron chi connectivity index (χ3n) is 5.12. The monoisotopic (exact) mass is 410 g/mol. The molecule has 0 saturated heterocycles. The smallest absolute Gasteiger partial charge is 0.332 e. The van der Waals surface area contributed by atoms with Gasteiger partial charge in [0, 0.05) is 6.42 Å². The predicted octanol–water partition coefficient (Wildman–Crippen LogP) is 3.84. The second-order valence-corrected chi connectivity index (χ2v) is 8.73. The number of hydroxylamine groups is 2. The van der Waals surface area contributed by atoms with E-state index in [4.69, 9.17) is 9.68 Å². The Bertz CT molecular complexity index is 541. The summed E-state index contributed by atoms with van der Waals surface area (Å²) in [7, 11) is 0. The number of hydrogen-bond acceptors (Lipinski definition) is 5. The van der Waals surface area contributed by atoms with E-state index in [1.54, 1.807) is 6.08 Å². The first-order valence-corrected chi connectivity index (χ1v) is 10.8. The summed E-state index contributed by atoms with van der Waals surface area (Å²) in [5, 5.41) is 0. The molecule has 1 saturated carbocycles. The molecule has 7 nitrogen and oxygen atoms in total. The van der Waals surface area contributed by atoms with Crippen LogP contribution in [0, 0.1) is 23.7 Å². The molecule has 1 aliphatic rings. The van der Waals surface area contributed by atoms with E-state index in [9.17, 15) is 14.4 Å². The van der Waals surface area contributed by atoms with Crippen molar-refractivity contribution in [3.8, 4) is 0 Å². The SMILES string of the molecule is C=CC[C@H](C(=O)NOC1CCCC1)[C@@H](CC(C)C)C(=O)NOC(=O)CCC(C)C. The zero-order valence-corrected chi connectivity index (χ0v) is 18.4. The summed E-state index contributed by atoms with van der Waals surface area (Å²) in [6.07, 6.45) is 7.41. The van der Waals surface area contributed by atoms with E-state index in [1.807, 2.05) is 27.7 Å². The Labute approximate surface area is 174 Å². The fraction of sp³-hybridized carbons (Fsp3) is 0.773. The highest BCUT2D eigenvalue weighted by Gasteiger charge is 2.34. The fourth-order valence-corrected chi connectivity index (χ4v) is 3.46. The van der Waals surface area contributed by atoms with Crippen LogP contribution >= 0.6 is 0 Å². The minimum atomic E-state index is -0.655. The maximum absolute atomic E-state index is 12.8. The van der Waals surface area contributed by atoms with Gasteiger partial charge in [-0.2, -0.15) is 5.48 Å². The van der Waals surface area contributed by atoms with E-state index in [0.717, 1.165) is 25.7 Å². The van der Waals surface area contributed by atoms with Gasteiger partial charge in [0.25, 0.3) is 5.91 Å². The van der Waals surface area contributed by atoms with Crippen LogP contribution in [0.2, 0.25) is 0 Å². The number of rotatable bonds is 12. The Balaban J connectivity index is 2.72. The lowest BCUT2D eigenvalue weighted by atomic mass is 9.82. The van der Waals surface area contributed by atoms with Gasteiger partial charge in [0.1, 0.15) is 0 Å². The standard InChI is InChI=1S/C22H38N2O5/c1-6-9-18(21(26)23-28-17-10-7-8-11-17)19(14-16(4)5)22(27)24-29-20(25)13-12-15(2)3/h6,15-19H,1,7-14H2,2-5H3,(H,23,26)(H,24,27)/t18-,19+/m0/s1. The molecule has 2 amide bonds. The number of hydrogen-bond donors (Lipinski definition) is 2. The maximum atomic E-state index is 12.8. The van der Waals surface area contributed by atoms with Crippen molar-refractivity contribution >= 4 is 17.8 Å². The van der Waals surface area contributed by atoms with Gasteiger partial charge in [-0.25, -0.2) is 10.3 Å². The van der Waals surface area contributed by atoms with Crippen LogP contribution in [-0.4, -0.2) is 23.9 Å². The summed E-state index contributed by atoms with van der Waals surface area (Å²) in [5.41, 5.74) is 4.80. The highest BCUT2D eigenvalue weighted by Crippen LogP contribution is 2.26. The number of allylic oxidation sites excluding steroid dienone is 1. The molecule has 0 spiro atoms. The molecule has 0 aromatic rings. The molecule has 0 bridgehead atoms. The first-order valence-electron chi connectivity index (χ1n) is 10.8. The van der Waals surface area contributed by atoms with Crippen LogP contribution in [0.25, 0.3) is 0 Å². The average molecular weight is 411 g/mol. The summed E-state index contributed by atoms with van der Waals surface area (Å²) < 4.78 is 0. The molecule has 0 aromatic carbocycles. The van der Waals surface area contributed by atoms with Crippen LogP contribution in [0.15, 0.2) is 12.7 Å². The third-order valence-corrected chi connectivity index (χ3v) is 5.12. The lowest BCUT2D eigenvalue weighted by Gasteiger charge is -2.26. The molecule has 0 radical (unpaired) electrons. The van der Waals surface area contributed by atoms with Crippen molar-refractivity contribution in [3.05, 3.63) is 12.7 Å². The van der Waals surface area contributed by atoms with Crippen molar-refractivity contribution in [3.63, 3.8) is 0 Å². The van der Waals surface area contributed by atoms with Crippen LogP contribution in [0.3, 0.4) is 0 Å². The van der Waals surface area contributed by atoms with E-state index in [0.29, 0.717) is 25.2 Å². The van der Waals surface area contributed by atoms with Crippen LogP contribution in [0.5, 0.6) is 0 Å². The largest absolute Gasteiger partial charge is 0.341 e. The normalized spacial score (nSPS) is 16.5. The summed E-state index contributed by atoms with van der Waals surface area (Å²) in [5.74, 6) is -2.05. The number of nitrogens with one attached hydrogen (secondary N) is 2. The van der Waals surface area contributed by atoms with Crippen molar-refractivity contribution in [1.29, 1.82) is 0 Å². The maximum Gasteiger partial charge on any atom is 0.332 e. The lowest BCUT2D eigenvalue weighted by Crippen LogP contribution is -2.44. The Morgan fingerprint density at radius 3 is 2.17 bits per heavy atom. The predicted molar refractivity (Wildman–Crippen MR) is 111 cm³/mol. The second kappa shape index (κ2) is 13.4. The van der Waals surface area contributed by atoms with Crippen molar-refractivity contribution in [2.45, 2.75) is 85.2 Å². The molecule has 2 N–H and O–H groups in total. The van der Waals surface area contributed by atoms with Gasteiger partial charge in [-0.05, 0) is 43.9 Å². The van der Waals surface area contributed by atoms with Gasteiger partial charge in [0.2, 0.25) is 5.91 Å². The first kappa shape index (κ1) is 25.1. The van der Waals surface area contributed by atoms with Crippen LogP contribution < -0.4 is 11.0 Å². The van der Waals surface area contributed by atoms with Crippen molar-refractivity contribution in [2.75, 3.05) is 0 Å². The summed E-state index contributed by atoms with van der Waals surface area (Å²) in [6.45, 7) is 11.7. The van der Waals surface area contributed by atoms with Gasteiger partial charge in [-0.1, -0.05) is 46.6 Å². The van der Waals surface area contributed by atoms with Crippen LogP contribution in [-0.2, 0) is 24.1 Å². The van der Waals surface area contributed by atoms with E-state index < -0.39 is 23.7 Å². The fourth-order valence-electron chi connectivity index (χ4n) is 3.46. The molecule has 7 heteroatoms. The molecule has 1 fully saturated rings. The Hall–Kier alpha value is -1.89. The van der Waals surface area contributed by atoms with Crippen molar-refractivity contribution in [2.24, 2.45) is 23.7 Å². The van der Waals surface area contributed by atoms with E-state index >= 15 is 0 Å². The van der Waals surface area contributed by atoms with Gasteiger partial charge >= 0.3 is 5.97 Å². The number of carbonyl (C=O) groups is 3. The molecule has 2 atom stereocenters.